The molecule has 1 saturated heterocycles. The second-order valence-electron chi connectivity index (χ2n) is 6.51. The summed E-state index contributed by atoms with van der Waals surface area (Å²) in [7, 11) is 1.98. The molecule has 118 valence electrons. The van der Waals surface area contributed by atoms with Crippen molar-refractivity contribution in [2.45, 2.75) is 44.8 Å². The molecule has 0 spiro atoms. The molecule has 0 bridgehead atoms. The number of furan rings is 1. The maximum atomic E-state index is 6.22. The monoisotopic (exact) mass is 292 g/mol. The highest BCUT2D eigenvalue weighted by molar-refractivity contribution is 5.20. The van der Waals surface area contributed by atoms with Gasteiger partial charge in [-0.2, -0.15) is 0 Å². The van der Waals surface area contributed by atoms with Crippen molar-refractivity contribution in [3.8, 4) is 0 Å². The van der Waals surface area contributed by atoms with Crippen molar-refractivity contribution in [3.63, 3.8) is 0 Å². The summed E-state index contributed by atoms with van der Waals surface area (Å²) in [6, 6.07) is 4.60. The molecule has 3 rings (SSSR count). The molecule has 4 nitrogen and oxygen atoms in total. The summed E-state index contributed by atoms with van der Waals surface area (Å²) in [5.41, 5.74) is 0. The summed E-state index contributed by atoms with van der Waals surface area (Å²) in [5.74, 6) is 3.68. The fourth-order valence-corrected chi connectivity index (χ4v) is 3.50. The highest BCUT2D eigenvalue weighted by atomic mass is 16.5. The Hall–Kier alpha value is -0.840. The molecule has 1 saturated carbocycles. The van der Waals surface area contributed by atoms with Crippen molar-refractivity contribution >= 4 is 0 Å². The molecule has 0 aromatic carbocycles. The lowest BCUT2D eigenvalue weighted by molar-refractivity contribution is -0.0768. The summed E-state index contributed by atoms with van der Waals surface area (Å²) < 4.78 is 12.2. The lowest BCUT2D eigenvalue weighted by atomic mass is 10.0. The van der Waals surface area contributed by atoms with E-state index in [0.29, 0.717) is 5.92 Å². The fraction of sp³-hybridized carbons (Fsp3) is 0.765. The fourth-order valence-electron chi connectivity index (χ4n) is 3.50. The SMILES string of the molecule is CCCN1CCOC(CNC)C1c1ccc(C2CC2C)o1. The highest BCUT2D eigenvalue weighted by Gasteiger charge is 2.39. The number of ether oxygens (including phenoxy) is 1. The van der Waals surface area contributed by atoms with Gasteiger partial charge in [0.25, 0.3) is 0 Å². The first-order chi connectivity index (χ1) is 10.2. The topological polar surface area (TPSA) is 37.6 Å². The molecule has 4 atom stereocenters. The van der Waals surface area contributed by atoms with E-state index >= 15 is 0 Å². The second-order valence-corrected chi connectivity index (χ2v) is 6.51. The zero-order valence-corrected chi connectivity index (χ0v) is 13.5. The first kappa shape index (κ1) is 15.1. The summed E-state index contributed by atoms with van der Waals surface area (Å²) in [4.78, 5) is 2.52. The van der Waals surface area contributed by atoms with Crippen molar-refractivity contribution in [3.05, 3.63) is 23.7 Å². The van der Waals surface area contributed by atoms with Crippen LogP contribution in [0.25, 0.3) is 0 Å². The molecule has 1 aromatic heterocycles. The van der Waals surface area contributed by atoms with Crippen LogP contribution in [-0.2, 0) is 4.74 Å². The number of hydrogen-bond donors (Lipinski definition) is 1. The molecule has 1 aliphatic carbocycles. The van der Waals surface area contributed by atoms with Crippen LogP contribution in [-0.4, -0.2) is 44.3 Å². The normalized spacial score (nSPS) is 33.3. The van der Waals surface area contributed by atoms with Crippen LogP contribution in [0.5, 0.6) is 0 Å². The minimum atomic E-state index is 0.172. The summed E-state index contributed by atoms with van der Waals surface area (Å²) in [5, 5.41) is 3.26. The first-order valence-corrected chi connectivity index (χ1v) is 8.34. The van der Waals surface area contributed by atoms with E-state index in [2.05, 4.69) is 36.2 Å². The van der Waals surface area contributed by atoms with Gasteiger partial charge in [-0.3, -0.25) is 4.90 Å². The van der Waals surface area contributed by atoms with Crippen molar-refractivity contribution in [2.24, 2.45) is 5.92 Å². The van der Waals surface area contributed by atoms with E-state index in [1.807, 2.05) is 7.05 Å². The van der Waals surface area contributed by atoms with E-state index in [1.54, 1.807) is 0 Å². The average molecular weight is 292 g/mol. The Kier molecular flexibility index (Phi) is 4.67. The molecule has 2 fully saturated rings. The van der Waals surface area contributed by atoms with Gasteiger partial charge in [0.05, 0.1) is 18.8 Å². The Morgan fingerprint density at radius 1 is 1.33 bits per heavy atom. The molecule has 4 heteroatoms. The van der Waals surface area contributed by atoms with Crippen LogP contribution in [0.1, 0.15) is 50.2 Å². The smallest absolute Gasteiger partial charge is 0.124 e. The van der Waals surface area contributed by atoms with Gasteiger partial charge in [0.2, 0.25) is 0 Å². The van der Waals surface area contributed by atoms with Crippen LogP contribution in [0.3, 0.4) is 0 Å². The lowest BCUT2D eigenvalue weighted by Gasteiger charge is -2.40. The van der Waals surface area contributed by atoms with E-state index < -0.39 is 0 Å². The van der Waals surface area contributed by atoms with E-state index in [4.69, 9.17) is 9.15 Å². The van der Waals surface area contributed by atoms with Crippen LogP contribution in [0, 0.1) is 5.92 Å². The Morgan fingerprint density at radius 3 is 2.76 bits per heavy atom. The van der Waals surface area contributed by atoms with Gasteiger partial charge in [0, 0.05) is 19.0 Å². The van der Waals surface area contributed by atoms with Gasteiger partial charge in [0.1, 0.15) is 11.5 Å². The zero-order valence-electron chi connectivity index (χ0n) is 13.5. The van der Waals surface area contributed by atoms with E-state index in [0.717, 1.165) is 44.3 Å². The number of nitrogens with one attached hydrogen (secondary N) is 1. The third-order valence-corrected chi connectivity index (χ3v) is 4.79. The largest absolute Gasteiger partial charge is 0.464 e. The third kappa shape index (κ3) is 3.17. The van der Waals surface area contributed by atoms with Gasteiger partial charge in [-0.25, -0.2) is 0 Å². The minimum Gasteiger partial charge on any atom is -0.464 e. The number of nitrogens with zero attached hydrogens (tertiary/aromatic N) is 1. The lowest BCUT2D eigenvalue weighted by Crippen LogP contribution is -2.48. The van der Waals surface area contributed by atoms with Crippen molar-refractivity contribution in [1.29, 1.82) is 0 Å². The average Bonchev–Trinajstić information content (AvgIpc) is 3.01. The predicted molar refractivity (Wildman–Crippen MR) is 83.5 cm³/mol. The van der Waals surface area contributed by atoms with Crippen molar-refractivity contribution in [1.82, 2.24) is 10.2 Å². The van der Waals surface area contributed by atoms with E-state index in [9.17, 15) is 0 Å². The number of hydrogen-bond acceptors (Lipinski definition) is 4. The molecular formula is C17H28N2O2. The molecule has 1 N–H and O–H groups in total. The molecule has 0 radical (unpaired) electrons. The standard InChI is InChI=1S/C17H28N2O2/c1-4-7-19-8-9-20-16(11-18-3)17(19)15-6-5-14(21-15)13-10-12(13)2/h5-6,12-13,16-18H,4,7-11H2,1-3H3. The minimum absolute atomic E-state index is 0.172. The Morgan fingerprint density at radius 2 is 2.10 bits per heavy atom. The molecule has 1 aromatic rings. The Balaban J connectivity index is 1.80. The number of rotatable bonds is 6. The van der Waals surface area contributed by atoms with Gasteiger partial charge >= 0.3 is 0 Å². The summed E-state index contributed by atoms with van der Waals surface area (Å²) in [6.45, 7) is 8.30. The predicted octanol–water partition coefficient (Wildman–Crippen LogP) is 2.77. The maximum absolute atomic E-state index is 6.22. The van der Waals surface area contributed by atoms with Crippen LogP contribution in [0.15, 0.2) is 16.5 Å². The van der Waals surface area contributed by atoms with Gasteiger partial charge in [0.15, 0.2) is 0 Å². The van der Waals surface area contributed by atoms with Gasteiger partial charge in [-0.05, 0) is 44.5 Å². The summed E-state index contributed by atoms with van der Waals surface area (Å²) >= 11 is 0. The van der Waals surface area contributed by atoms with Crippen molar-refractivity contribution in [2.75, 3.05) is 33.3 Å². The molecule has 1 aliphatic heterocycles. The van der Waals surface area contributed by atoms with Gasteiger partial charge < -0.3 is 14.5 Å². The number of morpholine rings is 1. The number of likely N-dealkylation sites (N-methyl/N-ethyl adjacent to an activating group) is 1. The molecule has 2 aliphatic rings. The third-order valence-electron chi connectivity index (χ3n) is 4.79. The maximum Gasteiger partial charge on any atom is 0.124 e. The Bertz CT molecular complexity index is 441. The quantitative estimate of drug-likeness (QED) is 0.875. The van der Waals surface area contributed by atoms with Gasteiger partial charge in [-0.15, -0.1) is 0 Å². The molecule has 2 heterocycles. The Labute approximate surface area is 127 Å². The molecule has 21 heavy (non-hydrogen) atoms. The second kappa shape index (κ2) is 6.51. The van der Waals surface area contributed by atoms with Crippen LogP contribution in [0.2, 0.25) is 0 Å². The highest BCUT2D eigenvalue weighted by Crippen LogP contribution is 2.48. The van der Waals surface area contributed by atoms with Crippen LogP contribution < -0.4 is 5.32 Å². The van der Waals surface area contributed by atoms with E-state index in [-0.39, 0.29) is 12.1 Å². The first-order valence-electron chi connectivity index (χ1n) is 8.34. The zero-order chi connectivity index (χ0) is 14.8. The molecular weight excluding hydrogens is 264 g/mol. The van der Waals surface area contributed by atoms with E-state index in [1.165, 1.54) is 12.2 Å². The van der Waals surface area contributed by atoms with Crippen LogP contribution in [0.4, 0.5) is 0 Å². The van der Waals surface area contributed by atoms with Gasteiger partial charge in [-0.1, -0.05) is 13.8 Å². The molecule has 4 unspecified atom stereocenters. The van der Waals surface area contributed by atoms with Crippen molar-refractivity contribution < 1.29 is 9.15 Å². The molecule has 0 amide bonds. The summed E-state index contributed by atoms with van der Waals surface area (Å²) in [6.07, 6.45) is 2.61. The van der Waals surface area contributed by atoms with Crippen LogP contribution >= 0.6 is 0 Å².